The van der Waals surface area contributed by atoms with Crippen LogP contribution in [0.4, 0.5) is 10.1 Å². The molecule has 3 heterocycles. The van der Waals surface area contributed by atoms with Gasteiger partial charge in [0, 0.05) is 24.7 Å². The van der Waals surface area contributed by atoms with Crippen molar-refractivity contribution in [1.82, 2.24) is 9.88 Å². The number of rotatable bonds is 3. The smallest absolute Gasteiger partial charge is 0.303 e. The number of benzene rings is 1. The lowest BCUT2D eigenvalue weighted by Gasteiger charge is -2.44. The Kier molecular flexibility index (Phi) is 4.39. The molecule has 6 rings (SSSR count). The molecule has 1 aromatic heterocycles. The molecular formula is C23H21FN4O4S. The van der Waals surface area contributed by atoms with E-state index in [1.54, 1.807) is 23.1 Å². The van der Waals surface area contributed by atoms with Gasteiger partial charge in [-0.3, -0.25) is 4.79 Å². The third-order valence-electron chi connectivity index (χ3n) is 7.26. The molecule has 1 amide bonds. The summed E-state index contributed by atoms with van der Waals surface area (Å²) in [7, 11) is -4.14. The number of sulfonamides is 1. The van der Waals surface area contributed by atoms with E-state index in [9.17, 15) is 22.7 Å². The van der Waals surface area contributed by atoms with Gasteiger partial charge in [0.1, 0.15) is 17.1 Å². The highest BCUT2D eigenvalue weighted by Gasteiger charge is 2.57. The van der Waals surface area contributed by atoms with Gasteiger partial charge in [-0.05, 0) is 60.9 Å². The Morgan fingerprint density at radius 2 is 1.91 bits per heavy atom. The van der Waals surface area contributed by atoms with Gasteiger partial charge in [-0.25, -0.2) is 9.37 Å². The van der Waals surface area contributed by atoms with Crippen LogP contribution >= 0.6 is 0 Å². The van der Waals surface area contributed by atoms with Crippen LogP contribution in [-0.4, -0.2) is 41.2 Å². The summed E-state index contributed by atoms with van der Waals surface area (Å²) in [5.41, 5.74) is 0.840. The maximum absolute atomic E-state index is 13.8. The number of carbonyl (C=O) groups excluding carboxylic acids is 1. The Morgan fingerprint density at radius 1 is 1.15 bits per heavy atom. The zero-order valence-electron chi connectivity index (χ0n) is 17.5. The normalized spacial score (nSPS) is 29.4. The van der Waals surface area contributed by atoms with Gasteiger partial charge in [-0.15, -0.1) is 4.40 Å². The number of hydrogen-bond donors (Lipinski definition) is 2. The van der Waals surface area contributed by atoms with Crippen LogP contribution in [0.2, 0.25) is 0 Å². The van der Waals surface area contributed by atoms with E-state index in [2.05, 4.69) is 14.7 Å². The molecule has 2 aromatic rings. The first-order chi connectivity index (χ1) is 15.8. The van der Waals surface area contributed by atoms with E-state index in [1.807, 2.05) is 0 Å². The van der Waals surface area contributed by atoms with Gasteiger partial charge in [0.25, 0.3) is 5.91 Å². The van der Waals surface area contributed by atoms with Crippen molar-refractivity contribution in [3.63, 3.8) is 0 Å². The average Bonchev–Trinajstić information content (AvgIpc) is 3.40. The number of nitrogens with zero attached hydrogens (tertiary/aromatic N) is 3. The van der Waals surface area contributed by atoms with Crippen LogP contribution in [0.25, 0.3) is 0 Å². The zero-order valence-corrected chi connectivity index (χ0v) is 18.3. The van der Waals surface area contributed by atoms with Gasteiger partial charge < -0.3 is 15.3 Å². The first-order valence-corrected chi connectivity index (χ1v) is 12.3. The van der Waals surface area contributed by atoms with Crippen LogP contribution in [0.5, 0.6) is 0 Å². The summed E-state index contributed by atoms with van der Waals surface area (Å²) in [5, 5.41) is 13.9. The van der Waals surface area contributed by atoms with Gasteiger partial charge in [-0.1, -0.05) is 12.1 Å². The minimum absolute atomic E-state index is 0.0960. The minimum atomic E-state index is -4.14. The van der Waals surface area contributed by atoms with E-state index in [0.717, 1.165) is 24.8 Å². The van der Waals surface area contributed by atoms with E-state index >= 15 is 0 Å². The van der Waals surface area contributed by atoms with Crippen LogP contribution in [-0.2, 0) is 21.4 Å². The van der Waals surface area contributed by atoms with Gasteiger partial charge in [-0.2, -0.15) is 8.42 Å². The number of pyridine rings is 1. The molecule has 0 spiro atoms. The number of anilines is 1. The fraction of sp³-hybridized carbons (Fsp3) is 0.348. The fourth-order valence-corrected chi connectivity index (χ4v) is 7.00. The Balaban J connectivity index is 1.45. The fourth-order valence-electron chi connectivity index (χ4n) is 5.95. The molecule has 8 nitrogen and oxygen atoms in total. The third kappa shape index (κ3) is 3.07. The molecule has 10 heteroatoms. The summed E-state index contributed by atoms with van der Waals surface area (Å²) in [6.07, 6.45) is 4.19. The maximum atomic E-state index is 13.8. The van der Waals surface area contributed by atoms with Crippen LogP contribution in [0, 0.1) is 23.6 Å². The monoisotopic (exact) mass is 468 g/mol. The molecule has 2 aliphatic heterocycles. The Hall–Kier alpha value is -3.27. The number of halogens is 1. The van der Waals surface area contributed by atoms with Crippen LogP contribution in [0.3, 0.4) is 0 Å². The van der Waals surface area contributed by atoms with E-state index in [1.165, 1.54) is 24.4 Å². The molecule has 0 saturated heterocycles. The summed E-state index contributed by atoms with van der Waals surface area (Å²) >= 11 is 0. The van der Waals surface area contributed by atoms with Crippen molar-refractivity contribution >= 4 is 27.5 Å². The highest BCUT2D eigenvalue weighted by Crippen LogP contribution is 2.55. The molecule has 0 radical (unpaired) electrons. The lowest BCUT2D eigenvalue weighted by Crippen LogP contribution is -2.53. The second kappa shape index (κ2) is 7.11. The average molecular weight is 469 g/mol. The number of amidine groups is 1. The Morgan fingerprint density at radius 3 is 2.70 bits per heavy atom. The molecule has 2 aliphatic carbocycles. The highest BCUT2D eigenvalue weighted by atomic mass is 32.2. The van der Waals surface area contributed by atoms with E-state index in [-0.39, 0.29) is 64.0 Å². The van der Waals surface area contributed by atoms with Crippen molar-refractivity contribution in [2.24, 2.45) is 22.2 Å². The van der Waals surface area contributed by atoms with E-state index in [0.29, 0.717) is 0 Å². The van der Waals surface area contributed by atoms with Crippen molar-refractivity contribution in [3.8, 4) is 0 Å². The second-order valence-electron chi connectivity index (χ2n) is 9.07. The SMILES string of the molecule is O=C1C(C2=NS(=O)(=O)c3ncccc3N2)=C(O)C2C([C@@H]3CC[C@H]2C3)N1Cc1ccc(F)cc1. The van der Waals surface area contributed by atoms with Crippen molar-refractivity contribution < 1.29 is 22.7 Å². The molecule has 1 aromatic carbocycles. The molecule has 33 heavy (non-hydrogen) atoms. The number of carbonyl (C=O) groups is 1. The quantitative estimate of drug-likeness (QED) is 0.716. The van der Waals surface area contributed by atoms with Gasteiger partial charge in [0.15, 0.2) is 5.84 Å². The van der Waals surface area contributed by atoms with Gasteiger partial charge in [0.2, 0.25) is 5.03 Å². The predicted molar refractivity (Wildman–Crippen MR) is 117 cm³/mol. The summed E-state index contributed by atoms with van der Waals surface area (Å²) in [6, 6.07) is 8.89. The van der Waals surface area contributed by atoms with Crippen molar-refractivity contribution in [1.29, 1.82) is 0 Å². The predicted octanol–water partition coefficient (Wildman–Crippen LogP) is 3.00. The van der Waals surface area contributed by atoms with Gasteiger partial charge >= 0.3 is 10.0 Å². The number of amides is 1. The number of aliphatic hydroxyl groups is 1. The molecule has 4 atom stereocenters. The first kappa shape index (κ1) is 20.3. The number of aromatic nitrogens is 1. The standard InChI is InChI=1S/C23H21FN4O4S/c24-15-7-3-12(4-8-15)11-28-19-14-6-5-13(10-14)17(19)20(29)18(23(28)30)21-26-16-2-1-9-25-22(16)33(31,32)27-21/h1-4,7-9,13-14,17,19,29H,5-6,10-11H2,(H,26,27)/t13-,14+,17?,19?/m0/s1. The lowest BCUT2D eigenvalue weighted by atomic mass is 9.77. The van der Waals surface area contributed by atoms with Crippen molar-refractivity contribution in [3.05, 3.63) is 65.3 Å². The third-order valence-corrected chi connectivity index (χ3v) is 8.50. The number of hydrogen-bond acceptors (Lipinski definition) is 6. The van der Waals surface area contributed by atoms with E-state index in [4.69, 9.17) is 0 Å². The second-order valence-corrected chi connectivity index (χ2v) is 10.6. The van der Waals surface area contributed by atoms with Crippen LogP contribution in [0.1, 0.15) is 24.8 Å². The number of fused-ring (bicyclic) bond motifs is 6. The highest BCUT2D eigenvalue weighted by molar-refractivity contribution is 7.90. The number of aliphatic hydroxyl groups excluding tert-OH is 1. The van der Waals surface area contributed by atoms with Crippen molar-refractivity contribution in [2.75, 3.05) is 5.32 Å². The van der Waals surface area contributed by atoms with Crippen LogP contribution in [0.15, 0.2) is 63.4 Å². The zero-order chi connectivity index (χ0) is 22.9. The Labute approximate surface area is 189 Å². The molecule has 2 N–H and O–H groups in total. The first-order valence-electron chi connectivity index (χ1n) is 10.9. The summed E-state index contributed by atoms with van der Waals surface area (Å²) in [5.74, 6) is -0.932. The van der Waals surface area contributed by atoms with E-state index < -0.39 is 15.9 Å². The summed E-state index contributed by atoms with van der Waals surface area (Å²) in [6.45, 7) is 0.235. The topological polar surface area (TPSA) is 112 Å². The number of nitrogens with one attached hydrogen (secondary N) is 1. The van der Waals surface area contributed by atoms with Gasteiger partial charge in [0.05, 0.1) is 5.69 Å². The Bertz CT molecular complexity index is 1340. The largest absolute Gasteiger partial charge is 0.511 e. The van der Waals surface area contributed by atoms with Crippen LogP contribution < -0.4 is 5.32 Å². The molecule has 2 saturated carbocycles. The lowest BCUT2D eigenvalue weighted by molar-refractivity contribution is -0.134. The molecule has 2 unspecified atom stereocenters. The molecule has 2 fully saturated rings. The summed E-state index contributed by atoms with van der Waals surface area (Å²) in [4.78, 5) is 19.3. The molecular weight excluding hydrogens is 447 g/mol. The molecule has 2 bridgehead atoms. The minimum Gasteiger partial charge on any atom is -0.511 e. The van der Waals surface area contributed by atoms with Crippen molar-refractivity contribution in [2.45, 2.75) is 36.9 Å². The summed E-state index contributed by atoms with van der Waals surface area (Å²) < 4.78 is 42.7. The molecule has 4 aliphatic rings. The maximum Gasteiger partial charge on any atom is 0.303 e. The molecule has 170 valence electrons.